The summed E-state index contributed by atoms with van der Waals surface area (Å²) in [5.41, 5.74) is 0. The number of nitrogens with one attached hydrogen (secondary N) is 1. The summed E-state index contributed by atoms with van der Waals surface area (Å²) in [6, 6.07) is -1.55. The molecule has 3 rings (SSSR count). The van der Waals surface area contributed by atoms with Gasteiger partial charge < -0.3 is 95.1 Å². The Morgan fingerprint density at radius 1 is 0.955 bits per heavy atom. The first-order chi connectivity index (χ1) is 20.1. The van der Waals surface area contributed by atoms with Gasteiger partial charge >= 0.3 is 29.6 Å². The van der Waals surface area contributed by atoms with Gasteiger partial charge in [-0.2, -0.15) is 0 Å². The number of hydrogen-bond donors (Lipinski definition) is 12. The Morgan fingerprint density at radius 2 is 1.59 bits per heavy atom. The van der Waals surface area contributed by atoms with Crippen molar-refractivity contribution in [3.63, 3.8) is 0 Å². The smallest absolute Gasteiger partial charge is 0.544 e. The molecule has 0 aliphatic carbocycles. The summed E-state index contributed by atoms with van der Waals surface area (Å²) in [5.74, 6) is -6.06. The number of amides is 1. The van der Waals surface area contributed by atoms with Gasteiger partial charge in [-0.15, -0.1) is 0 Å². The normalized spacial score (nSPS) is 44.2. The number of carbonyl (C=O) groups is 2. The largest absolute Gasteiger partial charge is 1.00 e. The molecule has 0 aromatic rings. The summed E-state index contributed by atoms with van der Waals surface area (Å²) >= 11 is 0. The molecule has 3 aliphatic rings. The van der Waals surface area contributed by atoms with Gasteiger partial charge in [-0.3, -0.25) is 4.79 Å². The number of aliphatic hydroxyl groups is 11. The molecule has 0 aromatic heterocycles. The third-order valence-corrected chi connectivity index (χ3v) is 7.43. The van der Waals surface area contributed by atoms with Crippen molar-refractivity contribution in [3.8, 4) is 0 Å². The van der Waals surface area contributed by atoms with E-state index in [1.165, 1.54) is 0 Å². The number of carboxylic acid groups (broad SMARTS) is 1. The van der Waals surface area contributed by atoms with Crippen LogP contribution in [0.25, 0.3) is 0 Å². The van der Waals surface area contributed by atoms with Gasteiger partial charge in [-0.1, -0.05) is 0 Å². The van der Waals surface area contributed by atoms with Gasteiger partial charge in [0, 0.05) is 13.3 Å². The van der Waals surface area contributed by atoms with Crippen molar-refractivity contribution in [3.05, 3.63) is 0 Å². The molecule has 3 fully saturated rings. The van der Waals surface area contributed by atoms with Crippen LogP contribution in [-0.2, 0) is 33.3 Å². The van der Waals surface area contributed by atoms with Crippen LogP contribution >= 0.6 is 0 Å². The number of hydrogen-bond acceptors (Lipinski definition) is 19. The second-order valence-corrected chi connectivity index (χ2v) is 10.5. The third kappa shape index (κ3) is 8.41. The van der Waals surface area contributed by atoms with Crippen molar-refractivity contribution < 1.29 is 124 Å². The van der Waals surface area contributed by atoms with Crippen molar-refractivity contribution in [1.29, 1.82) is 0 Å². The first-order valence-corrected chi connectivity index (χ1v) is 13.2. The second-order valence-electron chi connectivity index (χ2n) is 10.5. The Bertz CT molecular complexity index is 951. The molecule has 12 N–H and O–H groups in total. The van der Waals surface area contributed by atoms with Crippen LogP contribution in [0.1, 0.15) is 13.3 Å². The Kier molecular flexibility index (Phi) is 14.7. The minimum atomic E-state index is -3.10. The Balaban J connectivity index is 0.00000675. The quantitative estimate of drug-likeness (QED) is 0.0919. The summed E-state index contributed by atoms with van der Waals surface area (Å²) in [5, 5.41) is 126. The molecule has 1 amide bonds. The first-order valence-electron chi connectivity index (χ1n) is 13.2. The third-order valence-electron chi connectivity index (χ3n) is 7.43. The first kappa shape index (κ1) is 39.5. The predicted octanol–water partition coefficient (Wildman–Crippen LogP) is -12.6. The van der Waals surface area contributed by atoms with Crippen LogP contribution in [0.4, 0.5) is 0 Å². The number of ether oxygens (including phenoxy) is 5. The van der Waals surface area contributed by atoms with Crippen molar-refractivity contribution in [2.75, 3.05) is 19.8 Å². The van der Waals surface area contributed by atoms with Crippen molar-refractivity contribution in [1.82, 2.24) is 5.32 Å². The van der Waals surface area contributed by atoms with E-state index < -0.39 is 136 Å². The van der Waals surface area contributed by atoms with Gasteiger partial charge in [0.15, 0.2) is 12.6 Å². The molecule has 21 heteroatoms. The summed E-state index contributed by atoms with van der Waals surface area (Å²) in [7, 11) is 0. The summed E-state index contributed by atoms with van der Waals surface area (Å²) in [4.78, 5) is 24.1. The molecule has 0 spiro atoms. The van der Waals surface area contributed by atoms with Crippen LogP contribution in [-0.4, -0.2) is 186 Å². The molecule has 0 aromatic carbocycles. The van der Waals surface area contributed by atoms with Crippen LogP contribution in [0.2, 0.25) is 0 Å². The second kappa shape index (κ2) is 16.4. The van der Waals surface area contributed by atoms with Gasteiger partial charge in [0.05, 0.1) is 32.0 Å². The van der Waals surface area contributed by atoms with Gasteiger partial charge in [-0.05, 0) is 0 Å². The minimum absolute atomic E-state index is 0. The fourth-order valence-electron chi connectivity index (χ4n) is 5.05. The maximum Gasteiger partial charge on any atom is 1.00 e. The van der Waals surface area contributed by atoms with E-state index in [4.69, 9.17) is 23.7 Å². The van der Waals surface area contributed by atoms with E-state index in [9.17, 15) is 70.9 Å². The maximum absolute atomic E-state index is 12.4. The van der Waals surface area contributed by atoms with E-state index in [0.717, 1.165) is 6.92 Å². The Labute approximate surface area is 271 Å². The van der Waals surface area contributed by atoms with E-state index >= 15 is 0 Å². The van der Waals surface area contributed by atoms with E-state index in [2.05, 4.69) is 5.32 Å². The molecule has 20 nitrogen and oxygen atoms in total. The molecule has 3 saturated heterocycles. The summed E-state index contributed by atoms with van der Waals surface area (Å²) in [6.45, 7) is -1.71. The van der Waals surface area contributed by atoms with Crippen molar-refractivity contribution >= 4 is 11.9 Å². The van der Waals surface area contributed by atoms with Gasteiger partial charge in [0.2, 0.25) is 11.7 Å². The predicted molar refractivity (Wildman–Crippen MR) is 127 cm³/mol. The van der Waals surface area contributed by atoms with E-state index in [1.54, 1.807) is 0 Å². The van der Waals surface area contributed by atoms with E-state index in [0.29, 0.717) is 0 Å². The summed E-state index contributed by atoms with van der Waals surface area (Å²) < 4.78 is 26.5. The standard InChI is InChI=1S/C23H39NO19.Na/c1-6(27)24-11-7(28)2-23(22(37)38,42-18(11)12(30)8(29)3-25)43-19-14(32)9(4-26)41-21(17(19)35)39-5-10-13(31)15(33)16(34)20(36)40-10;/h7-21,25-26,28-36H,2-5H2,1H3,(H,24,27)(H,37,38);/q;+1/p-1/t7-,8+,9+,10+,11+,12-,13+,14-,15-,16+,17+,18+,19-,20+,21-,23-;/m0./s1. The van der Waals surface area contributed by atoms with E-state index in [1.807, 2.05) is 0 Å². The molecule has 0 bridgehead atoms. The number of carboxylic acids is 1. The number of rotatable bonds is 11. The summed E-state index contributed by atoms with van der Waals surface area (Å²) in [6.07, 6.45) is -27.6. The zero-order valence-corrected chi connectivity index (χ0v) is 25.7. The van der Waals surface area contributed by atoms with Gasteiger partial charge in [0.1, 0.15) is 73.1 Å². The average Bonchev–Trinajstić information content (AvgIpc) is 2.96. The molecule has 3 heterocycles. The van der Waals surface area contributed by atoms with Crippen LogP contribution in [0.3, 0.4) is 0 Å². The number of carbonyl (C=O) groups excluding carboxylic acids is 2. The monoisotopic (exact) mass is 655 g/mol. The van der Waals surface area contributed by atoms with Crippen LogP contribution in [0.15, 0.2) is 0 Å². The molecule has 0 radical (unpaired) electrons. The molecular formula is C23H38NNaO19. The van der Waals surface area contributed by atoms with Crippen LogP contribution in [0, 0.1) is 0 Å². The molecule has 3 aliphatic heterocycles. The minimum Gasteiger partial charge on any atom is -0.544 e. The van der Waals surface area contributed by atoms with Gasteiger partial charge in [0.25, 0.3) is 0 Å². The topological polar surface area (TPSA) is 338 Å². The molecule has 0 saturated carbocycles. The van der Waals surface area contributed by atoms with Crippen molar-refractivity contribution in [2.24, 2.45) is 0 Å². The fourth-order valence-corrected chi connectivity index (χ4v) is 5.05. The Morgan fingerprint density at radius 3 is 2.14 bits per heavy atom. The maximum atomic E-state index is 12.4. The number of aliphatic hydroxyl groups excluding tert-OH is 11. The molecule has 44 heavy (non-hydrogen) atoms. The SMILES string of the molecule is CC(=O)N[C@H]1[C@H]([C@@H](O)[C@H](O)CO)O[C@@](O[C@H]2[C@@H](O)[C@@H](CO)O[C@H](OC[C@H]3O[C@@H](O)[C@H](O)[C@@H](O)[C@@H]3O)[C@@H]2O)(C(=O)[O-])C[C@@H]1O.[Na+]. The van der Waals surface area contributed by atoms with Crippen molar-refractivity contribution in [2.45, 2.75) is 111 Å². The number of aliphatic carboxylic acids is 1. The molecule has 250 valence electrons. The molecule has 0 unspecified atom stereocenters. The molecule has 16 atom stereocenters. The van der Waals surface area contributed by atoms with Crippen LogP contribution in [0.5, 0.6) is 0 Å². The van der Waals surface area contributed by atoms with Gasteiger partial charge in [-0.25, -0.2) is 0 Å². The van der Waals surface area contributed by atoms with Crippen LogP contribution < -0.4 is 40.0 Å². The average molecular weight is 656 g/mol. The molecular weight excluding hydrogens is 617 g/mol. The van der Waals surface area contributed by atoms with E-state index in [-0.39, 0.29) is 29.6 Å². The Hall–Kier alpha value is -0.700. The zero-order valence-electron chi connectivity index (χ0n) is 23.7. The fraction of sp³-hybridized carbons (Fsp3) is 0.913. The zero-order chi connectivity index (χ0) is 32.4.